The summed E-state index contributed by atoms with van der Waals surface area (Å²) in [5.74, 6) is 1.59. The number of aryl methyl sites for hydroxylation is 1. The van der Waals surface area contributed by atoms with Crippen molar-refractivity contribution in [2.45, 2.75) is 18.6 Å². The van der Waals surface area contributed by atoms with Crippen LogP contribution in [0.5, 0.6) is 5.75 Å². The minimum Gasteiger partial charge on any atom is -0.497 e. The lowest BCUT2D eigenvalue weighted by molar-refractivity contribution is -0.113. The fourth-order valence-corrected chi connectivity index (χ4v) is 4.14. The summed E-state index contributed by atoms with van der Waals surface area (Å²) in [6, 6.07) is 17.2. The highest BCUT2D eigenvalue weighted by atomic mass is 32.2. The Hall–Kier alpha value is -3.59. The van der Waals surface area contributed by atoms with E-state index < -0.39 is 0 Å². The molecule has 0 fully saturated rings. The van der Waals surface area contributed by atoms with Gasteiger partial charge in [-0.3, -0.25) is 9.48 Å². The molecule has 1 N–H and O–H groups in total. The molecule has 0 spiro atoms. The molecule has 0 unspecified atom stereocenters. The third-order valence-electron chi connectivity index (χ3n) is 4.86. The normalized spacial score (nSPS) is 10.8. The molecule has 0 aliphatic rings. The molecule has 2 aromatic heterocycles. The Bertz CT molecular complexity index is 1200. The number of nitrogens with zero attached hydrogens (tertiary/aromatic N) is 5. The van der Waals surface area contributed by atoms with E-state index >= 15 is 0 Å². The fraction of sp³-hybridized carbons (Fsp3) is 0.217. The summed E-state index contributed by atoms with van der Waals surface area (Å²) < 4.78 is 8.93. The molecule has 8 nitrogen and oxygen atoms in total. The second-order valence-corrected chi connectivity index (χ2v) is 7.99. The third-order valence-corrected chi connectivity index (χ3v) is 5.82. The molecule has 0 radical (unpaired) electrons. The quantitative estimate of drug-likeness (QED) is 0.408. The Morgan fingerprint density at radius 3 is 2.53 bits per heavy atom. The van der Waals surface area contributed by atoms with Crippen molar-refractivity contribution in [2.24, 2.45) is 7.05 Å². The van der Waals surface area contributed by atoms with Crippen molar-refractivity contribution < 1.29 is 9.53 Å². The summed E-state index contributed by atoms with van der Waals surface area (Å²) in [6.45, 7) is 2.71. The Kier molecular flexibility index (Phi) is 6.55. The van der Waals surface area contributed by atoms with Crippen molar-refractivity contribution >= 4 is 23.4 Å². The second kappa shape index (κ2) is 9.69. The Labute approximate surface area is 190 Å². The number of carbonyl (C=O) groups excluding carboxylic acids is 1. The number of anilines is 1. The van der Waals surface area contributed by atoms with Gasteiger partial charge in [-0.25, -0.2) is 0 Å². The van der Waals surface area contributed by atoms with E-state index in [-0.39, 0.29) is 11.7 Å². The topological polar surface area (TPSA) is 86.9 Å². The number of benzene rings is 2. The summed E-state index contributed by atoms with van der Waals surface area (Å²) in [5, 5.41) is 17.0. The predicted octanol–water partition coefficient (Wildman–Crippen LogP) is 4.10. The van der Waals surface area contributed by atoms with Gasteiger partial charge in [0.05, 0.1) is 18.4 Å². The van der Waals surface area contributed by atoms with E-state index in [1.165, 1.54) is 11.8 Å². The van der Waals surface area contributed by atoms with Gasteiger partial charge in [0.25, 0.3) is 0 Å². The number of nitrogens with one attached hydrogen (secondary N) is 1. The molecule has 0 aliphatic carbocycles. The molecule has 2 heterocycles. The van der Waals surface area contributed by atoms with E-state index in [4.69, 9.17) is 4.74 Å². The smallest absolute Gasteiger partial charge is 0.234 e. The average Bonchev–Trinajstić information content (AvgIpc) is 3.41. The lowest BCUT2D eigenvalue weighted by atomic mass is 10.1. The number of amides is 1. The second-order valence-electron chi connectivity index (χ2n) is 7.05. The van der Waals surface area contributed by atoms with Crippen molar-refractivity contribution in [1.29, 1.82) is 0 Å². The zero-order valence-corrected chi connectivity index (χ0v) is 19.0. The molecular formula is C23H24N6O2S. The SMILES string of the molecule is CCn1c(SCC(=O)Nc2ccc(OC)cc2)nnc1-c1cn(C)nc1-c1ccccc1. The predicted molar refractivity (Wildman–Crippen MR) is 126 cm³/mol. The average molecular weight is 449 g/mol. The molecule has 1 amide bonds. The van der Waals surface area contributed by atoms with Crippen LogP contribution in [0.15, 0.2) is 66.0 Å². The van der Waals surface area contributed by atoms with E-state index in [2.05, 4.69) is 20.6 Å². The van der Waals surface area contributed by atoms with Crippen LogP contribution in [0.4, 0.5) is 5.69 Å². The van der Waals surface area contributed by atoms with Crippen LogP contribution in [0.2, 0.25) is 0 Å². The maximum Gasteiger partial charge on any atom is 0.234 e. The standard InChI is InChI=1S/C23H24N6O2S/c1-4-29-22(19-14-28(2)27-21(19)16-8-6-5-7-9-16)25-26-23(29)32-15-20(30)24-17-10-12-18(31-3)13-11-17/h5-14H,4,15H2,1-3H3,(H,24,30). The molecule has 9 heteroatoms. The molecule has 2 aromatic carbocycles. The number of hydrogen-bond donors (Lipinski definition) is 1. The van der Waals surface area contributed by atoms with Crippen LogP contribution in [0.3, 0.4) is 0 Å². The largest absolute Gasteiger partial charge is 0.497 e. The molecule has 4 rings (SSSR count). The van der Waals surface area contributed by atoms with Gasteiger partial charge in [-0.05, 0) is 31.2 Å². The highest BCUT2D eigenvalue weighted by Crippen LogP contribution is 2.31. The van der Waals surface area contributed by atoms with Crippen molar-refractivity contribution in [2.75, 3.05) is 18.2 Å². The first-order chi connectivity index (χ1) is 15.6. The van der Waals surface area contributed by atoms with Gasteiger partial charge in [-0.1, -0.05) is 42.1 Å². The maximum atomic E-state index is 12.4. The minimum atomic E-state index is -0.112. The molecule has 0 aliphatic heterocycles. The van der Waals surface area contributed by atoms with Crippen LogP contribution in [-0.4, -0.2) is 43.3 Å². The number of thioether (sulfide) groups is 1. The number of ether oxygens (including phenoxy) is 1. The van der Waals surface area contributed by atoms with Gasteiger partial charge in [0, 0.05) is 31.0 Å². The van der Waals surface area contributed by atoms with Crippen LogP contribution in [0.1, 0.15) is 6.92 Å². The van der Waals surface area contributed by atoms with Gasteiger partial charge < -0.3 is 14.6 Å². The molecule has 4 aromatic rings. The van der Waals surface area contributed by atoms with Crippen molar-refractivity contribution in [3.8, 4) is 28.4 Å². The molecular weight excluding hydrogens is 424 g/mol. The monoisotopic (exact) mass is 448 g/mol. The summed E-state index contributed by atoms with van der Waals surface area (Å²) >= 11 is 1.36. The first kappa shape index (κ1) is 21.6. The van der Waals surface area contributed by atoms with E-state index in [1.807, 2.05) is 67.2 Å². The van der Waals surface area contributed by atoms with Gasteiger partial charge in [-0.15, -0.1) is 10.2 Å². The Balaban J connectivity index is 1.51. The number of hydrogen-bond acceptors (Lipinski definition) is 6. The van der Waals surface area contributed by atoms with Crippen molar-refractivity contribution in [1.82, 2.24) is 24.5 Å². The highest BCUT2D eigenvalue weighted by molar-refractivity contribution is 7.99. The van der Waals surface area contributed by atoms with Gasteiger partial charge in [0.15, 0.2) is 11.0 Å². The summed E-state index contributed by atoms with van der Waals surface area (Å²) in [5.41, 5.74) is 3.49. The molecule has 32 heavy (non-hydrogen) atoms. The third kappa shape index (κ3) is 4.67. The first-order valence-electron chi connectivity index (χ1n) is 10.2. The number of carbonyl (C=O) groups is 1. The number of aromatic nitrogens is 5. The lowest BCUT2D eigenvalue weighted by Crippen LogP contribution is -2.14. The van der Waals surface area contributed by atoms with Crippen LogP contribution in [-0.2, 0) is 18.4 Å². The number of rotatable bonds is 8. The minimum absolute atomic E-state index is 0.112. The van der Waals surface area contributed by atoms with Crippen LogP contribution >= 0.6 is 11.8 Å². The summed E-state index contributed by atoms with van der Waals surface area (Å²) in [7, 11) is 3.50. The fourth-order valence-electron chi connectivity index (χ4n) is 3.34. The molecule has 0 saturated carbocycles. The van der Waals surface area contributed by atoms with E-state index in [0.29, 0.717) is 11.7 Å². The zero-order valence-electron chi connectivity index (χ0n) is 18.1. The first-order valence-corrected chi connectivity index (χ1v) is 11.2. The van der Waals surface area contributed by atoms with Crippen LogP contribution < -0.4 is 10.1 Å². The van der Waals surface area contributed by atoms with Gasteiger partial charge in [0.2, 0.25) is 5.91 Å². The summed E-state index contributed by atoms with van der Waals surface area (Å²) in [4.78, 5) is 12.4. The van der Waals surface area contributed by atoms with E-state index in [9.17, 15) is 4.79 Å². The van der Waals surface area contributed by atoms with Crippen LogP contribution in [0.25, 0.3) is 22.6 Å². The number of methoxy groups -OCH3 is 1. The lowest BCUT2D eigenvalue weighted by Gasteiger charge is -2.08. The van der Waals surface area contributed by atoms with Gasteiger partial charge in [-0.2, -0.15) is 5.10 Å². The van der Waals surface area contributed by atoms with E-state index in [0.717, 1.165) is 34.1 Å². The van der Waals surface area contributed by atoms with Gasteiger partial charge >= 0.3 is 0 Å². The van der Waals surface area contributed by atoms with E-state index in [1.54, 1.807) is 23.9 Å². The Morgan fingerprint density at radius 2 is 1.84 bits per heavy atom. The summed E-state index contributed by atoms with van der Waals surface area (Å²) in [6.07, 6.45) is 1.95. The molecule has 0 atom stereocenters. The van der Waals surface area contributed by atoms with Crippen molar-refractivity contribution in [3.63, 3.8) is 0 Å². The van der Waals surface area contributed by atoms with Crippen molar-refractivity contribution in [3.05, 3.63) is 60.8 Å². The Morgan fingerprint density at radius 1 is 1.09 bits per heavy atom. The molecule has 0 bridgehead atoms. The van der Waals surface area contributed by atoms with Gasteiger partial charge in [0.1, 0.15) is 11.4 Å². The highest BCUT2D eigenvalue weighted by Gasteiger charge is 2.20. The maximum absolute atomic E-state index is 12.4. The zero-order chi connectivity index (χ0) is 22.5. The van der Waals surface area contributed by atoms with Crippen LogP contribution in [0, 0.1) is 0 Å². The molecule has 0 saturated heterocycles. The molecule has 164 valence electrons.